The lowest BCUT2D eigenvalue weighted by Gasteiger charge is -2.29. The van der Waals surface area contributed by atoms with Crippen molar-refractivity contribution in [1.29, 1.82) is 0 Å². The van der Waals surface area contributed by atoms with Crippen LogP contribution in [0.4, 0.5) is 5.13 Å². The summed E-state index contributed by atoms with van der Waals surface area (Å²) < 4.78 is 7.98. The third-order valence-corrected chi connectivity index (χ3v) is 6.98. The van der Waals surface area contributed by atoms with Crippen LogP contribution < -0.4 is 10.9 Å². The van der Waals surface area contributed by atoms with E-state index in [1.54, 1.807) is 21.5 Å². The first-order chi connectivity index (χ1) is 14.6. The highest BCUT2D eigenvalue weighted by atomic mass is 32.1. The van der Waals surface area contributed by atoms with E-state index in [4.69, 9.17) is 4.98 Å². The van der Waals surface area contributed by atoms with E-state index in [0.29, 0.717) is 17.8 Å². The molecule has 0 unspecified atom stereocenters. The van der Waals surface area contributed by atoms with Crippen molar-refractivity contribution in [2.75, 3.05) is 5.32 Å². The Balaban J connectivity index is 1.25. The summed E-state index contributed by atoms with van der Waals surface area (Å²) in [6.07, 6.45) is 7.55. The highest BCUT2D eigenvalue weighted by Crippen LogP contribution is 2.36. The van der Waals surface area contributed by atoms with Crippen molar-refractivity contribution < 1.29 is 0 Å². The van der Waals surface area contributed by atoms with Crippen LogP contribution in [-0.4, -0.2) is 35.0 Å². The van der Waals surface area contributed by atoms with Crippen molar-refractivity contribution in [3.05, 3.63) is 45.8 Å². The molecular weight excluding hydrogens is 398 g/mol. The molecule has 0 radical (unpaired) electrons. The van der Waals surface area contributed by atoms with Gasteiger partial charge < -0.3 is 5.32 Å². The molecule has 5 rings (SSSR count). The molecular formula is C21H27N7OS. The van der Waals surface area contributed by atoms with Crippen LogP contribution in [0.2, 0.25) is 0 Å². The van der Waals surface area contributed by atoms with Crippen molar-refractivity contribution >= 4 is 16.7 Å². The molecule has 2 aliphatic rings. The maximum Gasteiger partial charge on any atom is 0.267 e. The Labute approximate surface area is 179 Å². The molecule has 2 fully saturated rings. The van der Waals surface area contributed by atoms with E-state index in [9.17, 15) is 4.79 Å². The fraction of sp³-hybridized carbons (Fsp3) is 0.571. The fourth-order valence-electron chi connectivity index (χ4n) is 4.42. The van der Waals surface area contributed by atoms with Gasteiger partial charge in [0.1, 0.15) is 5.82 Å². The maximum absolute atomic E-state index is 12.5. The second-order valence-electron chi connectivity index (χ2n) is 8.55. The Kier molecular flexibility index (Phi) is 5.14. The number of nitrogens with one attached hydrogen (secondary N) is 1. The molecule has 3 heterocycles. The molecule has 1 N–H and O–H groups in total. The minimum atomic E-state index is -0.0500. The third kappa shape index (κ3) is 3.78. The molecule has 0 spiro atoms. The molecule has 2 aliphatic carbocycles. The summed E-state index contributed by atoms with van der Waals surface area (Å²) in [6, 6.07) is 5.86. The Hall–Kier alpha value is -2.55. The number of aryl methyl sites for hydroxylation is 2. The largest absolute Gasteiger partial charge is 0.358 e. The monoisotopic (exact) mass is 425 g/mol. The van der Waals surface area contributed by atoms with Gasteiger partial charge in [-0.15, -0.1) is 5.10 Å². The van der Waals surface area contributed by atoms with E-state index in [1.165, 1.54) is 30.8 Å². The van der Waals surface area contributed by atoms with Gasteiger partial charge in [-0.05, 0) is 64.5 Å². The summed E-state index contributed by atoms with van der Waals surface area (Å²) in [7, 11) is 0. The number of hydrogen-bond acceptors (Lipinski definition) is 7. The van der Waals surface area contributed by atoms with Crippen molar-refractivity contribution in [2.45, 2.75) is 76.8 Å². The lowest BCUT2D eigenvalue weighted by molar-refractivity contribution is 0.302. The molecule has 8 nitrogen and oxygen atoms in total. The average Bonchev–Trinajstić information content (AvgIpc) is 3.27. The van der Waals surface area contributed by atoms with E-state index in [-0.39, 0.29) is 11.6 Å². The number of rotatable bonds is 5. The van der Waals surface area contributed by atoms with Crippen molar-refractivity contribution in [1.82, 2.24) is 28.9 Å². The molecule has 0 bridgehead atoms. The summed E-state index contributed by atoms with van der Waals surface area (Å²) in [5.74, 6) is 2.27. The summed E-state index contributed by atoms with van der Waals surface area (Å²) in [4.78, 5) is 17.2. The predicted octanol–water partition coefficient (Wildman–Crippen LogP) is 3.76. The van der Waals surface area contributed by atoms with Gasteiger partial charge in [0.25, 0.3) is 5.56 Å². The molecule has 0 saturated heterocycles. The van der Waals surface area contributed by atoms with Crippen molar-refractivity contribution in [3.63, 3.8) is 0 Å². The predicted molar refractivity (Wildman–Crippen MR) is 117 cm³/mol. The van der Waals surface area contributed by atoms with Crippen LogP contribution in [0.5, 0.6) is 0 Å². The highest BCUT2D eigenvalue weighted by Gasteiger charge is 2.27. The van der Waals surface area contributed by atoms with Crippen LogP contribution in [0.15, 0.2) is 23.0 Å². The number of hydrogen-bond donors (Lipinski definition) is 1. The summed E-state index contributed by atoms with van der Waals surface area (Å²) in [6.45, 7) is 3.96. The minimum Gasteiger partial charge on any atom is -0.358 e. The quantitative estimate of drug-likeness (QED) is 0.669. The minimum absolute atomic E-state index is 0.0500. The number of aromatic nitrogens is 6. The van der Waals surface area contributed by atoms with Gasteiger partial charge in [-0.25, -0.2) is 14.3 Å². The van der Waals surface area contributed by atoms with E-state index in [2.05, 4.69) is 19.9 Å². The van der Waals surface area contributed by atoms with Gasteiger partial charge in [-0.2, -0.15) is 9.47 Å². The second-order valence-corrected chi connectivity index (χ2v) is 9.30. The maximum atomic E-state index is 12.5. The summed E-state index contributed by atoms with van der Waals surface area (Å²) in [5.41, 5.74) is 1.90. The molecule has 30 heavy (non-hydrogen) atoms. The zero-order valence-corrected chi connectivity index (χ0v) is 18.2. The molecule has 0 aliphatic heterocycles. The lowest BCUT2D eigenvalue weighted by atomic mass is 9.85. The second kappa shape index (κ2) is 7.94. The molecule has 0 aromatic carbocycles. The van der Waals surface area contributed by atoms with Crippen molar-refractivity contribution in [3.8, 4) is 5.82 Å². The standard InChI is InChI=1S/C21H27N7OS/c1-13-12-14(2)27(24-13)18-10-11-19(29)28(25-18)17-8-6-16(7-9-17)22-21-23-20(26-30-21)15-4-3-5-15/h10-12,15-17H,3-9H2,1-2H3,(H,22,23,26). The lowest BCUT2D eigenvalue weighted by Crippen LogP contribution is -2.33. The van der Waals surface area contributed by atoms with Crippen LogP contribution >= 0.6 is 11.5 Å². The Bertz CT molecular complexity index is 1090. The highest BCUT2D eigenvalue weighted by molar-refractivity contribution is 7.09. The van der Waals surface area contributed by atoms with Gasteiger partial charge in [0.2, 0.25) is 5.13 Å². The molecule has 9 heteroatoms. The number of anilines is 1. The van der Waals surface area contributed by atoms with Crippen molar-refractivity contribution in [2.24, 2.45) is 0 Å². The Morgan fingerprint density at radius 3 is 2.53 bits per heavy atom. The van der Waals surface area contributed by atoms with Crippen LogP contribution in [-0.2, 0) is 0 Å². The van der Waals surface area contributed by atoms with Crippen LogP contribution in [0, 0.1) is 13.8 Å². The average molecular weight is 426 g/mol. The fourth-order valence-corrected chi connectivity index (χ4v) is 5.14. The number of nitrogens with zero attached hydrogens (tertiary/aromatic N) is 6. The van der Waals surface area contributed by atoms with E-state index in [1.807, 2.05) is 19.9 Å². The summed E-state index contributed by atoms with van der Waals surface area (Å²) >= 11 is 1.47. The van der Waals surface area contributed by atoms with E-state index in [0.717, 1.165) is 48.0 Å². The zero-order valence-electron chi connectivity index (χ0n) is 17.4. The Morgan fingerprint density at radius 1 is 1.07 bits per heavy atom. The molecule has 0 amide bonds. The van der Waals surface area contributed by atoms with Gasteiger partial charge in [-0.3, -0.25) is 4.79 Å². The molecule has 2 saturated carbocycles. The van der Waals surface area contributed by atoms with Crippen LogP contribution in [0.3, 0.4) is 0 Å². The van der Waals surface area contributed by atoms with Gasteiger partial charge in [-0.1, -0.05) is 6.42 Å². The van der Waals surface area contributed by atoms with Gasteiger partial charge in [0, 0.05) is 35.3 Å². The third-order valence-electron chi connectivity index (χ3n) is 6.32. The van der Waals surface area contributed by atoms with E-state index >= 15 is 0 Å². The molecule has 0 atom stereocenters. The van der Waals surface area contributed by atoms with Gasteiger partial charge in [0.15, 0.2) is 5.82 Å². The van der Waals surface area contributed by atoms with Gasteiger partial charge in [0.05, 0.1) is 11.7 Å². The zero-order chi connectivity index (χ0) is 20.7. The molecule has 3 aromatic rings. The summed E-state index contributed by atoms with van der Waals surface area (Å²) in [5, 5.41) is 13.6. The van der Waals surface area contributed by atoms with Crippen LogP contribution in [0.25, 0.3) is 5.82 Å². The van der Waals surface area contributed by atoms with Crippen LogP contribution in [0.1, 0.15) is 74.1 Å². The SMILES string of the molecule is Cc1cc(C)n(-c2ccc(=O)n(C3CCC(Nc4nc(C5CCC5)ns4)CC3)n2)n1. The first-order valence-electron chi connectivity index (χ1n) is 10.8. The topological polar surface area (TPSA) is 90.5 Å². The first-order valence-corrected chi connectivity index (χ1v) is 11.6. The first kappa shape index (κ1) is 19.4. The Morgan fingerprint density at radius 2 is 1.87 bits per heavy atom. The van der Waals surface area contributed by atoms with E-state index < -0.39 is 0 Å². The normalized spacial score (nSPS) is 22.1. The molecule has 3 aromatic heterocycles. The molecule has 158 valence electrons. The smallest absolute Gasteiger partial charge is 0.267 e. The van der Waals surface area contributed by atoms with Gasteiger partial charge >= 0.3 is 0 Å².